The molecule has 0 N–H and O–H groups in total. The molecule has 12 nitrogen and oxygen atoms in total. The van der Waals surface area contributed by atoms with Crippen molar-refractivity contribution in [1.29, 1.82) is 0 Å². The van der Waals surface area contributed by atoms with Crippen LogP contribution in [0.25, 0.3) is 0 Å². The molecular formula is C32H42O12. The van der Waals surface area contributed by atoms with Crippen LogP contribution in [-0.2, 0) is 51.9 Å². The number of benzene rings is 2. The SMILES string of the molecule is CCCCCc1ccc(C(=O)OOOC(=O)OCCCCCCOC(=O)OOOC(=O)c2ccc(CCCCC)cc2)cc1. The smallest absolute Gasteiger partial charge is 0.432 e. The van der Waals surface area contributed by atoms with Gasteiger partial charge >= 0.3 is 24.2 Å². The zero-order chi connectivity index (χ0) is 31.8. The molecule has 0 saturated carbocycles. The van der Waals surface area contributed by atoms with Crippen LogP contribution >= 0.6 is 0 Å². The topological polar surface area (TPSA) is 142 Å². The zero-order valence-electron chi connectivity index (χ0n) is 25.4. The van der Waals surface area contributed by atoms with Crippen LogP contribution in [-0.4, -0.2) is 37.5 Å². The summed E-state index contributed by atoms with van der Waals surface area (Å²) in [4.78, 5) is 64.4. The van der Waals surface area contributed by atoms with Crippen LogP contribution in [0.1, 0.15) is 110 Å². The molecule has 2 aromatic rings. The van der Waals surface area contributed by atoms with Crippen molar-refractivity contribution in [2.45, 2.75) is 90.9 Å². The molecule has 0 bridgehead atoms. The van der Waals surface area contributed by atoms with Gasteiger partial charge in [0.05, 0.1) is 34.4 Å². The van der Waals surface area contributed by atoms with Crippen molar-refractivity contribution in [2.24, 2.45) is 0 Å². The highest BCUT2D eigenvalue weighted by Crippen LogP contribution is 2.12. The van der Waals surface area contributed by atoms with Crippen molar-refractivity contribution in [3.63, 3.8) is 0 Å². The number of unbranched alkanes of at least 4 members (excludes halogenated alkanes) is 7. The Bertz CT molecular complexity index is 1030. The van der Waals surface area contributed by atoms with Crippen LogP contribution in [0.3, 0.4) is 0 Å². The minimum atomic E-state index is -1.16. The number of carbonyl (C=O) groups excluding carboxylic acids is 4. The largest absolute Gasteiger partial charge is 0.543 e. The fourth-order valence-corrected chi connectivity index (χ4v) is 3.94. The van der Waals surface area contributed by atoms with Gasteiger partial charge in [-0.25, -0.2) is 29.0 Å². The number of hydrogen-bond acceptors (Lipinski definition) is 12. The van der Waals surface area contributed by atoms with E-state index < -0.39 is 24.2 Å². The van der Waals surface area contributed by atoms with Gasteiger partial charge in [-0.05, 0) is 86.8 Å². The molecule has 0 spiro atoms. The molecule has 0 radical (unpaired) electrons. The predicted octanol–water partition coefficient (Wildman–Crippen LogP) is 7.73. The van der Waals surface area contributed by atoms with Gasteiger partial charge in [-0.1, -0.05) is 63.8 Å². The van der Waals surface area contributed by atoms with Crippen molar-refractivity contribution in [1.82, 2.24) is 0 Å². The molecule has 0 aliphatic heterocycles. The maximum Gasteiger partial charge on any atom is 0.543 e. The summed E-state index contributed by atoms with van der Waals surface area (Å²) in [5, 5.41) is 8.43. The molecule has 0 heterocycles. The molecule has 0 aromatic heterocycles. The lowest BCUT2D eigenvalue weighted by atomic mass is 10.1. The Balaban J connectivity index is 1.42. The number of aryl methyl sites for hydroxylation is 2. The summed E-state index contributed by atoms with van der Waals surface area (Å²) in [7, 11) is 0. The first kappa shape index (κ1) is 36.0. The Morgan fingerprint density at radius 2 is 0.864 bits per heavy atom. The van der Waals surface area contributed by atoms with Gasteiger partial charge in [-0.2, -0.15) is 0 Å². The Hall–Kier alpha value is -4.16. The average Bonchev–Trinajstić information content (AvgIpc) is 3.03. The van der Waals surface area contributed by atoms with Gasteiger partial charge in [-0.3, -0.25) is 9.78 Å². The second-order valence-corrected chi connectivity index (χ2v) is 9.96. The van der Waals surface area contributed by atoms with Gasteiger partial charge in [0.2, 0.25) is 0 Å². The molecule has 0 aliphatic carbocycles. The second kappa shape index (κ2) is 22.4. The molecule has 0 atom stereocenters. The summed E-state index contributed by atoms with van der Waals surface area (Å²) in [5.74, 6) is -1.62. The highest BCUT2D eigenvalue weighted by molar-refractivity contribution is 5.89. The van der Waals surface area contributed by atoms with Crippen LogP contribution in [0, 0.1) is 0 Å². The lowest BCUT2D eigenvalue weighted by Crippen LogP contribution is -2.13. The maximum atomic E-state index is 12.0. The summed E-state index contributed by atoms with van der Waals surface area (Å²) in [5.41, 5.74) is 2.74. The fraction of sp³-hybridized carbons (Fsp3) is 0.500. The van der Waals surface area contributed by atoms with Crippen LogP contribution in [0.15, 0.2) is 48.5 Å². The molecule has 242 valence electrons. The predicted molar refractivity (Wildman–Crippen MR) is 156 cm³/mol. The average molecular weight is 619 g/mol. The Kier molecular flexibility index (Phi) is 18.3. The molecule has 0 unspecified atom stereocenters. The second-order valence-electron chi connectivity index (χ2n) is 9.96. The van der Waals surface area contributed by atoms with Crippen LogP contribution in [0.4, 0.5) is 9.59 Å². The van der Waals surface area contributed by atoms with E-state index in [4.69, 9.17) is 9.47 Å². The van der Waals surface area contributed by atoms with Crippen molar-refractivity contribution in [2.75, 3.05) is 13.2 Å². The minimum absolute atomic E-state index is 0.0410. The number of carbonyl (C=O) groups is 4. The third kappa shape index (κ3) is 15.9. The summed E-state index contributed by atoms with van der Waals surface area (Å²) in [6.45, 7) is 4.35. The highest BCUT2D eigenvalue weighted by Gasteiger charge is 2.14. The number of hydrogen-bond donors (Lipinski definition) is 0. The lowest BCUT2D eigenvalue weighted by Gasteiger charge is -2.06. The first-order valence-electron chi connectivity index (χ1n) is 15.0. The third-order valence-corrected chi connectivity index (χ3v) is 6.42. The quantitative estimate of drug-likeness (QED) is 0.0585. The van der Waals surface area contributed by atoms with Gasteiger partial charge in [0.15, 0.2) is 0 Å². The van der Waals surface area contributed by atoms with Gasteiger partial charge < -0.3 is 9.47 Å². The first-order valence-corrected chi connectivity index (χ1v) is 15.0. The molecule has 0 aliphatic rings. The summed E-state index contributed by atoms with van der Waals surface area (Å²) >= 11 is 0. The van der Waals surface area contributed by atoms with E-state index in [0.717, 1.165) is 62.5 Å². The highest BCUT2D eigenvalue weighted by atomic mass is 17.5. The van der Waals surface area contributed by atoms with E-state index in [2.05, 4.69) is 43.5 Å². The molecule has 0 saturated heterocycles. The summed E-state index contributed by atoms with van der Waals surface area (Å²) in [6.07, 6.45) is 8.59. The lowest BCUT2D eigenvalue weighted by molar-refractivity contribution is -0.452. The van der Waals surface area contributed by atoms with Crippen LogP contribution in [0.5, 0.6) is 0 Å². The van der Waals surface area contributed by atoms with E-state index in [0.29, 0.717) is 25.7 Å². The molecule has 2 rings (SSSR count). The number of rotatable bonds is 21. The van der Waals surface area contributed by atoms with E-state index in [1.54, 1.807) is 24.3 Å². The third-order valence-electron chi connectivity index (χ3n) is 6.42. The summed E-state index contributed by atoms with van der Waals surface area (Å²) < 4.78 is 9.63. The molecule has 12 heteroatoms. The maximum absolute atomic E-state index is 12.0. The zero-order valence-corrected chi connectivity index (χ0v) is 25.4. The Morgan fingerprint density at radius 1 is 0.477 bits per heavy atom. The van der Waals surface area contributed by atoms with E-state index >= 15 is 0 Å². The first-order chi connectivity index (χ1) is 21.4. The molecule has 44 heavy (non-hydrogen) atoms. The van der Waals surface area contributed by atoms with Crippen LogP contribution < -0.4 is 0 Å². The van der Waals surface area contributed by atoms with E-state index in [-0.39, 0.29) is 24.3 Å². The van der Waals surface area contributed by atoms with Gasteiger partial charge in [0, 0.05) is 0 Å². The van der Waals surface area contributed by atoms with E-state index in [1.165, 1.54) is 0 Å². The van der Waals surface area contributed by atoms with Crippen molar-refractivity contribution in [3.05, 3.63) is 70.8 Å². The van der Waals surface area contributed by atoms with Crippen LogP contribution in [0.2, 0.25) is 0 Å². The Labute approximate surface area is 257 Å². The molecule has 0 amide bonds. The molecule has 0 fully saturated rings. The van der Waals surface area contributed by atoms with Gasteiger partial charge in [0.25, 0.3) is 0 Å². The number of ether oxygens (including phenoxy) is 2. The normalized spacial score (nSPS) is 10.5. The standard InChI is InChI=1S/C32H42O12/c1-3-5-9-13-25-15-19-27(20-16-25)29(33)39-43-41-31(35)37-23-11-7-8-12-24-38-32(36)42-44-40-30(34)28-21-17-26(18-22-28)14-10-6-4-2/h15-22H,3-14,23-24H2,1-2H3. The molecular weight excluding hydrogens is 576 g/mol. The monoisotopic (exact) mass is 618 g/mol. The van der Waals surface area contributed by atoms with Crippen molar-refractivity contribution < 1.29 is 58.3 Å². The van der Waals surface area contributed by atoms with Crippen molar-refractivity contribution >= 4 is 24.2 Å². The Morgan fingerprint density at radius 3 is 1.23 bits per heavy atom. The van der Waals surface area contributed by atoms with E-state index in [9.17, 15) is 19.2 Å². The molecule has 2 aromatic carbocycles. The van der Waals surface area contributed by atoms with Crippen molar-refractivity contribution in [3.8, 4) is 0 Å². The summed E-state index contributed by atoms with van der Waals surface area (Å²) in [6, 6.07) is 13.8. The van der Waals surface area contributed by atoms with Gasteiger partial charge in [-0.15, -0.1) is 0 Å². The fourth-order valence-electron chi connectivity index (χ4n) is 3.94. The van der Waals surface area contributed by atoms with Gasteiger partial charge in [0.1, 0.15) is 0 Å². The minimum Gasteiger partial charge on any atom is -0.432 e. The van der Waals surface area contributed by atoms with E-state index in [1.807, 2.05) is 24.3 Å².